The molecule has 14 rings (SSSR count). The molecule has 0 amide bonds. The SMILES string of the molecule is c1ccc(-c2ccccc2N2c3ccccc3B3c4ccccc4N4c5ccccc5B5c6cc7c(cc6N(c6ccccc6)c6cc2c3c4c65)sc2ccccc27)cc1. The van der Waals surface area contributed by atoms with Gasteiger partial charge in [0.25, 0.3) is 13.4 Å². The topological polar surface area (TPSA) is 9.72 Å². The molecule has 6 heteroatoms. The number of rotatable bonds is 3. The first-order valence-corrected chi connectivity index (χ1v) is 21.7. The van der Waals surface area contributed by atoms with Gasteiger partial charge in [0, 0.05) is 65.8 Å². The van der Waals surface area contributed by atoms with Crippen molar-refractivity contribution in [2.75, 3.05) is 14.7 Å². The Kier molecular flexibility index (Phi) is 6.61. The highest BCUT2D eigenvalue weighted by atomic mass is 32.1. The Hall–Kier alpha value is -7.27. The third-order valence-electron chi connectivity index (χ3n) is 13.4. The van der Waals surface area contributed by atoms with Crippen LogP contribution in [0, 0.1) is 0 Å². The first-order valence-electron chi connectivity index (χ1n) is 20.8. The lowest BCUT2D eigenvalue weighted by atomic mass is 9.28. The van der Waals surface area contributed by atoms with Gasteiger partial charge in [-0.15, -0.1) is 11.3 Å². The lowest BCUT2D eigenvalue weighted by molar-refractivity contribution is 1.23. The summed E-state index contributed by atoms with van der Waals surface area (Å²) in [5.74, 6) is 0. The zero-order chi connectivity index (χ0) is 39.1. The van der Waals surface area contributed by atoms with E-state index >= 15 is 0 Å². The average molecular weight is 778 g/mol. The van der Waals surface area contributed by atoms with E-state index in [0.29, 0.717) is 0 Å². The van der Waals surface area contributed by atoms with E-state index in [9.17, 15) is 0 Å². The van der Waals surface area contributed by atoms with E-state index in [1.54, 1.807) is 0 Å². The molecular formula is C54H33B2N3S. The first kappa shape index (κ1) is 32.7. The van der Waals surface area contributed by atoms with Crippen molar-refractivity contribution < 1.29 is 0 Å². The fraction of sp³-hybridized carbons (Fsp3) is 0. The third-order valence-corrected chi connectivity index (χ3v) is 14.5. The minimum atomic E-state index is 0.0268. The molecule has 0 N–H and O–H groups in total. The van der Waals surface area contributed by atoms with Gasteiger partial charge in [-0.1, -0.05) is 146 Å². The molecule has 0 unspecified atom stereocenters. The van der Waals surface area contributed by atoms with E-state index in [0.717, 1.165) is 5.69 Å². The molecule has 0 radical (unpaired) electrons. The molecule has 1 aromatic heterocycles. The summed E-state index contributed by atoms with van der Waals surface area (Å²) < 4.78 is 2.63. The maximum Gasteiger partial charge on any atom is 0.252 e. The summed E-state index contributed by atoms with van der Waals surface area (Å²) in [6.07, 6.45) is 0. The molecule has 0 atom stereocenters. The number of thiophene rings is 1. The van der Waals surface area contributed by atoms with Gasteiger partial charge in [-0.3, -0.25) is 0 Å². The van der Waals surface area contributed by atoms with Crippen molar-refractivity contribution in [1.29, 1.82) is 0 Å². The summed E-state index contributed by atoms with van der Waals surface area (Å²) in [6.45, 7) is 0.0729. The molecule has 0 aliphatic carbocycles. The molecule has 0 fully saturated rings. The van der Waals surface area contributed by atoms with Crippen LogP contribution in [0.15, 0.2) is 200 Å². The number of hydrogen-bond acceptors (Lipinski definition) is 4. The van der Waals surface area contributed by atoms with Crippen molar-refractivity contribution in [2.24, 2.45) is 0 Å². The van der Waals surface area contributed by atoms with Gasteiger partial charge >= 0.3 is 0 Å². The predicted molar refractivity (Wildman–Crippen MR) is 258 cm³/mol. The number of nitrogens with zero attached hydrogens (tertiary/aromatic N) is 3. The van der Waals surface area contributed by atoms with Crippen LogP contribution in [0.25, 0.3) is 31.3 Å². The van der Waals surface area contributed by atoms with E-state index in [1.807, 2.05) is 11.3 Å². The van der Waals surface area contributed by atoms with Crippen LogP contribution in [0.3, 0.4) is 0 Å². The van der Waals surface area contributed by atoms with E-state index in [-0.39, 0.29) is 13.4 Å². The monoisotopic (exact) mass is 777 g/mol. The van der Waals surface area contributed by atoms with E-state index in [4.69, 9.17) is 0 Å². The molecule has 4 aliphatic heterocycles. The highest BCUT2D eigenvalue weighted by molar-refractivity contribution is 7.26. The van der Waals surface area contributed by atoms with Crippen molar-refractivity contribution in [3.8, 4) is 11.1 Å². The second-order valence-electron chi connectivity index (χ2n) is 16.4. The Morgan fingerprint density at radius 1 is 0.333 bits per heavy atom. The number of hydrogen-bond donors (Lipinski definition) is 0. The minimum Gasteiger partial charge on any atom is -0.312 e. The Balaban J connectivity index is 1.17. The molecular weight excluding hydrogens is 744 g/mol. The van der Waals surface area contributed by atoms with Crippen molar-refractivity contribution >= 4 is 129 Å². The Morgan fingerprint density at radius 2 is 0.867 bits per heavy atom. The summed E-state index contributed by atoms with van der Waals surface area (Å²) in [5.41, 5.74) is 21.6. The van der Waals surface area contributed by atoms with E-state index < -0.39 is 0 Å². The predicted octanol–water partition coefficient (Wildman–Crippen LogP) is 10.4. The summed E-state index contributed by atoms with van der Waals surface area (Å²) in [4.78, 5) is 7.78. The quantitative estimate of drug-likeness (QED) is 0.166. The van der Waals surface area contributed by atoms with Gasteiger partial charge in [0.15, 0.2) is 0 Å². The zero-order valence-electron chi connectivity index (χ0n) is 32.5. The van der Waals surface area contributed by atoms with E-state index in [1.165, 1.54) is 110 Å². The summed E-state index contributed by atoms with van der Waals surface area (Å²) in [6, 6.07) is 74.9. The zero-order valence-corrected chi connectivity index (χ0v) is 33.3. The van der Waals surface area contributed by atoms with Crippen LogP contribution in [0.5, 0.6) is 0 Å². The molecule has 0 saturated heterocycles. The van der Waals surface area contributed by atoms with Crippen LogP contribution in [-0.2, 0) is 0 Å². The lowest BCUT2D eigenvalue weighted by Crippen LogP contribution is -2.68. The highest BCUT2D eigenvalue weighted by Crippen LogP contribution is 2.51. The molecule has 276 valence electrons. The van der Waals surface area contributed by atoms with Crippen molar-refractivity contribution in [3.63, 3.8) is 0 Å². The number of para-hydroxylation sites is 5. The maximum atomic E-state index is 2.62. The smallest absolute Gasteiger partial charge is 0.252 e. The standard InChI is InChI=1S/C54H33B2N3S/c1-3-17-34(18-4-1)36-21-7-12-26-43(36)58-44-27-13-9-23-39(44)55-40-24-10-14-28-45(40)59-46-29-15-11-25-41(46)56-42-31-38-37-22-8-16-30-50(37)60-51(38)33-47(42)57(35-19-5-2-6-20-35)48-32-49(58)53(55)54(59)52(48)56/h1-33H. The van der Waals surface area contributed by atoms with E-state index in [2.05, 4.69) is 215 Å². The molecule has 0 saturated carbocycles. The van der Waals surface area contributed by atoms with Crippen LogP contribution in [-0.4, -0.2) is 13.4 Å². The van der Waals surface area contributed by atoms with Crippen molar-refractivity contribution in [2.45, 2.75) is 0 Å². The highest BCUT2D eigenvalue weighted by Gasteiger charge is 2.51. The molecule has 0 spiro atoms. The van der Waals surface area contributed by atoms with Gasteiger partial charge in [0.1, 0.15) is 0 Å². The van der Waals surface area contributed by atoms with Gasteiger partial charge in [-0.25, -0.2) is 0 Å². The second kappa shape index (κ2) is 12.1. The Bertz CT molecular complexity index is 3440. The molecule has 4 aliphatic rings. The molecule has 3 nitrogen and oxygen atoms in total. The van der Waals surface area contributed by atoms with Crippen molar-refractivity contribution in [1.82, 2.24) is 0 Å². The van der Waals surface area contributed by atoms with Crippen LogP contribution < -0.4 is 47.5 Å². The lowest BCUT2D eigenvalue weighted by Gasteiger charge is -2.51. The average Bonchev–Trinajstić information content (AvgIpc) is 3.68. The molecule has 5 heterocycles. The van der Waals surface area contributed by atoms with Gasteiger partial charge in [0.05, 0.1) is 5.69 Å². The molecule has 60 heavy (non-hydrogen) atoms. The molecule has 10 aromatic rings. The normalized spacial score (nSPS) is 13.8. The first-order chi connectivity index (χ1) is 29.8. The van der Waals surface area contributed by atoms with Crippen LogP contribution >= 0.6 is 11.3 Å². The number of fused-ring (bicyclic) bond motifs is 13. The summed E-state index contributed by atoms with van der Waals surface area (Å²) in [5, 5.41) is 2.66. The third kappa shape index (κ3) is 4.25. The van der Waals surface area contributed by atoms with Crippen LogP contribution in [0.1, 0.15) is 0 Å². The number of benzene rings is 9. The van der Waals surface area contributed by atoms with Gasteiger partial charge in [-0.2, -0.15) is 0 Å². The van der Waals surface area contributed by atoms with Crippen LogP contribution in [0.2, 0.25) is 0 Å². The van der Waals surface area contributed by atoms with Gasteiger partial charge in [-0.05, 0) is 98.3 Å². The Morgan fingerprint density at radius 3 is 1.57 bits per heavy atom. The molecule has 0 bridgehead atoms. The largest absolute Gasteiger partial charge is 0.312 e. The molecule has 9 aromatic carbocycles. The summed E-state index contributed by atoms with van der Waals surface area (Å²) >= 11 is 1.90. The fourth-order valence-corrected chi connectivity index (χ4v) is 12.2. The van der Waals surface area contributed by atoms with Crippen molar-refractivity contribution in [3.05, 3.63) is 200 Å². The Labute approximate surface area is 353 Å². The fourth-order valence-electron chi connectivity index (χ4n) is 11.1. The van der Waals surface area contributed by atoms with Gasteiger partial charge < -0.3 is 14.7 Å². The van der Waals surface area contributed by atoms with Gasteiger partial charge in [0.2, 0.25) is 0 Å². The number of anilines is 9. The minimum absolute atomic E-state index is 0.0268. The van der Waals surface area contributed by atoms with Crippen LogP contribution in [0.4, 0.5) is 51.2 Å². The maximum absolute atomic E-state index is 2.62. The summed E-state index contributed by atoms with van der Waals surface area (Å²) in [7, 11) is 0. The second-order valence-corrected chi connectivity index (χ2v) is 17.4.